The Morgan fingerprint density at radius 3 is 2.87 bits per heavy atom. The summed E-state index contributed by atoms with van der Waals surface area (Å²) in [5.74, 6) is 4.35. The SMILES string of the molecule is Fc1cccc([C@@H]2C[C@H]2Nc2cc(N3CCSCC3)ncn2)c1. The maximum absolute atomic E-state index is 13.3. The molecule has 1 aromatic heterocycles. The van der Waals surface area contributed by atoms with Crippen molar-refractivity contribution in [1.29, 1.82) is 0 Å². The van der Waals surface area contributed by atoms with Crippen LogP contribution < -0.4 is 10.2 Å². The number of benzene rings is 1. The first-order valence-electron chi connectivity index (χ1n) is 7.96. The number of hydrogen-bond acceptors (Lipinski definition) is 5. The molecule has 2 fully saturated rings. The molecule has 120 valence electrons. The number of rotatable bonds is 4. The molecule has 1 aromatic carbocycles. The van der Waals surface area contributed by atoms with Gasteiger partial charge in [0.1, 0.15) is 23.8 Å². The fraction of sp³-hybridized carbons (Fsp3) is 0.412. The molecule has 0 amide bonds. The topological polar surface area (TPSA) is 41.0 Å². The van der Waals surface area contributed by atoms with Crippen LogP contribution in [0.2, 0.25) is 0 Å². The Hall–Kier alpha value is -1.82. The highest BCUT2D eigenvalue weighted by atomic mass is 32.2. The smallest absolute Gasteiger partial charge is 0.134 e. The van der Waals surface area contributed by atoms with Gasteiger partial charge in [-0.05, 0) is 24.1 Å². The summed E-state index contributed by atoms with van der Waals surface area (Å²) in [5, 5.41) is 3.46. The second-order valence-corrected chi connectivity index (χ2v) is 7.23. The fourth-order valence-corrected chi connectivity index (χ4v) is 3.94. The van der Waals surface area contributed by atoms with Gasteiger partial charge in [0.2, 0.25) is 0 Å². The van der Waals surface area contributed by atoms with E-state index in [1.807, 2.05) is 23.9 Å². The van der Waals surface area contributed by atoms with Gasteiger partial charge in [-0.3, -0.25) is 0 Å². The highest BCUT2D eigenvalue weighted by Crippen LogP contribution is 2.42. The van der Waals surface area contributed by atoms with E-state index < -0.39 is 0 Å². The first-order valence-corrected chi connectivity index (χ1v) is 9.12. The second-order valence-electron chi connectivity index (χ2n) is 6.01. The van der Waals surface area contributed by atoms with Crippen molar-refractivity contribution >= 4 is 23.4 Å². The van der Waals surface area contributed by atoms with Crippen molar-refractivity contribution in [2.45, 2.75) is 18.4 Å². The van der Waals surface area contributed by atoms with Gasteiger partial charge in [-0.2, -0.15) is 11.8 Å². The molecule has 1 saturated heterocycles. The summed E-state index contributed by atoms with van der Waals surface area (Å²) in [6, 6.07) is 9.24. The van der Waals surface area contributed by atoms with Crippen LogP contribution in [-0.2, 0) is 0 Å². The maximum atomic E-state index is 13.3. The molecule has 1 N–H and O–H groups in total. The zero-order chi connectivity index (χ0) is 15.6. The molecule has 2 aromatic rings. The van der Waals surface area contributed by atoms with Crippen LogP contribution in [0, 0.1) is 5.82 Å². The predicted molar refractivity (Wildman–Crippen MR) is 92.7 cm³/mol. The van der Waals surface area contributed by atoms with Crippen LogP contribution in [0.15, 0.2) is 36.7 Å². The van der Waals surface area contributed by atoms with Crippen molar-refractivity contribution in [2.24, 2.45) is 0 Å². The summed E-state index contributed by atoms with van der Waals surface area (Å²) in [5.41, 5.74) is 1.06. The summed E-state index contributed by atoms with van der Waals surface area (Å²) in [6.45, 7) is 2.08. The average molecular weight is 330 g/mol. The summed E-state index contributed by atoms with van der Waals surface area (Å²) in [4.78, 5) is 11.0. The molecule has 2 heterocycles. The molecular formula is C17H19FN4S. The van der Waals surface area contributed by atoms with Gasteiger partial charge in [-0.25, -0.2) is 14.4 Å². The molecule has 1 saturated carbocycles. The van der Waals surface area contributed by atoms with Gasteiger partial charge in [0.15, 0.2) is 0 Å². The fourth-order valence-electron chi connectivity index (χ4n) is 3.04. The van der Waals surface area contributed by atoms with Crippen molar-refractivity contribution in [3.05, 3.63) is 48.0 Å². The lowest BCUT2D eigenvalue weighted by atomic mass is 10.1. The lowest BCUT2D eigenvalue weighted by Crippen LogP contribution is -2.33. The van der Waals surface area contributed by atoms with Crippen LogP contribution in [-0.4, -0.2) is 40.6 Å². The van der Waals surface area contributed by atoms with E-state index in [1.54, 1.807) is 18.5 Å². The van der Waals surface area contributed by atoms with Crippen molar-refractivity contribution in [1.82, 2.24) is 9.97 Å². The molecule has 2 atom stereocenters. The molecule has 2 aliphatic rings. The van der Waals surface area contributed by atoms with Crippen LogP contribution in [0.1, 0.15) is 17.9 Å². The molecular weight excluding hydrogens is 311 g/mol. The van der Waals surface area contributed by atoms with Gasteiger partial charge in [0, 0.05) is 42.6 Å². The third kappa shape index (κ3) is 3.42. The van der Waals surface area contributed by atoms with Crippen LogP contribution in [0.4, 0.5) is 16.0 Å². The van der Waals surface area contributed by atoms with Crippen LogP contribution >= 0.6 is 11.8 Å². The van der Waals surface area contributed by atoms with Crippen molar-refractivity contribution in [2.75, 3.05) is 34.8 Å². The molecule has 23 heavy (non-hydrogen) atoms. The van der Waals surface area contributed by atoms with E-state index in [0.717, 1.165) is 48.2 Å². The molecule has 0 unspecified atom stereocenters. The lowest BCUT2D eigenvalue weighted by molar-refractivity contribution is 0.625. The molecule has 4 nitrogen and oxygen atoms in total. The Morgan fingerprint density at radius 1 is 1.17 bits per heavy atom. The first kappa shape index (κ1) is 14.8. The average Bonchev–Trinajstić information content (AvgIpc) is 3.35. The van der Waals surface area contributed by atoms with Crippen LogP contribution in [0.25, 0.3) is 0 Å². The molecule has 4 rings (SSSR count). The number of hydrogen-bond donors (Lipinski definition) is 1. The van der Waals surface area contributed by atoms with E-state index in [9.17, 15) is 4.39 Å². The maximum Gasteiger partial charge on any atom is 0.134 e. The van der Waals surface area contributed by atoms with Gasteiger partial charge in [0.25, 0.3) is 0 Å². The highest BCUT2D eigenvalue weighted by molar-refractivity contribution is 7.99. The van der Waals surface area contributed by atoms with Crippen molar-refractivity contribution < 1.29 is 4.39 Å². The third-order valence-corrected chi connectivity index (χ3v) is 5.33. The van der Waals surface area contributed by atoms with E-state index in [4.69, 9.17) is 0 Å². The summed E-state index contributed by atoms with van der Waals surface area (Å²) in [6.07, 6.45) is 2.64. The zero-order valence-corrected chi connectivity index (χ0v) is 13.6. The van der Waals surface area contributed by atoms with E-state index in [0.29, 0.717) is 12.0 Å². The normalized spacial score (nSPS) is 23.6. The monoisotopic (exact) mass is 330 g/mol. The lowest BCUT2D eigenvalue weighted by Gasteiger charge is -2.27. The summed E-state index contributed by atoms with van der Waals surface area (Å²) >= 11 is 1.99. The minimum absolute atomic E-state index is 0.166. The summed E-state index contributed by atoms with van der Waals surface area (Å²) < 4.78 is 13.3. The molecule has 0 radical (unpaired) electrons. The Kier molecular flexibility index (Phi) is 4.08. The first-order chi connectivity index (χ1) is 11.3. The van der Waals surface area contributed by atoms with E-state index in [1.165, 1.54) is 6.07 Å². The molecule has 0 spiro atoms. The van der Waals surface area contributed by atoms with E-state index >= 15 is 0 Å². The van der Waals surface area contributed by atoms with Crippen LogP contribution in [0.3, 0.4) is 0 Å². The molecule has 6 heteroatoms. The van der Waals surface area contributed by atoms with Gasteiger partial charge < -0.3 is 10.2 Å². The number of halogens is 1. The standard InChI is InChI=1S/C17H19FN4S/c18-13-3-1-2-12(8-13)14-9-15(14)21-16-10-17(20-11-19-16)22-4-6-23-7-5-22/h1-3,8,10-11,14-15H,4-7,9H2,(H,19,20,21)/t14-,15+/m0/s1. The van der Waals surface area contributed by atoms with Gasteiger partial charge in [-0.15, -0.1) is 0 Å². The molecule has 0 bridgehead atoms. The molecule has 1 aliphatic heterocycles. The van der Waals surface area contributed by atoms with Gasteiger partial charge in [0.05, 0.1) is 0 Å². The number of nitrogens with zero attached hydrogens (tertiary/aromatic N) is 3. The third-order valence-electron chi connectivity index (χ3n) is 4.39. The largest absolute Gasteiger partial charge is 0.367 e. The van der Waals surface area contributed by atoms with E-state index in [-0.39, 0.29) is 5.82 Å². The van der Waals surface area contributed by atoms with Crippen LogP contribution in [0.5, 0.6) is 0 Å². The number of anilines is 2. The minimum Gasteiger partial charge on any atom is -0.367 e. The van der Waals surface area contributed by atoms with E-state index in [2.05, 4.69) is 20.2 Å². The van der Waals surface area contributed by atoms with Crippen molar-refractivity contribution in [3.8, 4) is 0 Å². The Morgan fingerprint density at radius 2 is 2.04 bits per heavy atom. The minimum atomic E-state index is -0.166. The zero-order valence-electron chi connectivity index (χ0n) is 12.8. The number of aromatic nitrogens is 2. The highest BCUT2D eigenvalue weighted by Gasteiger charge is 2.38. The summed E-state index contributed by atoms with van der Waals surface area (Å²) in [7, 11) is 0. The Labute approximate surface area is 139 Å². The quantitative estimate of drug-likeness (QED) is 0.933. The molecule has 1 aliphatic carbocycles. The van der Waals surface area contributed by atoms with Crippen molar-refractivity contribution in [3.63, 3.8) is 0 Å². The second kappa shape index (κ2) is 6.35. The Bertz CT molecular complexity index is 690. The number of thioether (sulfide) groups is 1. The van der Waals surface area contributed by atoms with Gasteiger partial charge in [-0.1, -0.05) is 12.1 Å². The Balaban J connectivity index is 1.42. The van der Waals surface area contributed by atoms with Gasteiger partial charge >= 0.3 is 0 Å². The predicted octanol–water partition coefficient (Wildman–Crippen LogP) is 3.14. The number of nitrogens with one attached hydrogen (secondary N) is 1.